The molecule has 0 aliphatic carbocycles. The molecule has 0 radical (unpaired) electrons. The molecule has 0 fully saturated rings. The molecule has 2 heteroatoms. The van der Waals surface area contributed by atoms with Crippen LogP contribution in [0.25, 0.3) is 0 Å². The van der Waals surface area contributed by atoms with Crippen LogP contribution in [0.1, 0.15) is 51.2 Å². The van der Waals surface area contributed by atoms with Gasteiger partial charge >= 0.3 is 0 Å². The Balaban J connectivity index is 2.73. The van der Waals surface area contributed by atoms with Crippen LogP contribution in [0.3, 0.4) is 0 Å². The lowest BCUT2D eigenvalue weighted by Gasteiger charge is -2.19. The van der Waals surface area contributed by atoms with Crippen LogP contribution in [0.15, 0.2) is 24.3 Å². The maximum atomic E-state index is 5.84. The van der Waals surface area contributed by atoms with Gasteiger partial charge in [-0.1, -0.05) is 44.4 Å². The molecule has 2 nitrogen and oxygen atoms in total. The van der Waals surface area contributed by atoms with Crippen molar-refractivity contribution in [2.45, 2.75) is 45.6 Å². The summed E-state index contributed by atoms with van der Waals surface area (Å²) in [6, 6.07) is 8.15. The van der Waals surface area contributed by atoms with Crippen LogP contribution in [0.5, 0.6) is 5.75 Å². The Morgan fingerprint density at radius 1 is 1.12 bits per heavy atom. The quantitative estimate of drug-likeness (QED) is 0.625. The van der Waals surface area contributed by atoms with Crippen molar-refractivity contribution in [1.29, 1.82) is 0 Å². The smallest absolute Gasteiger partial charge is 0.124 e. The van der Waals surface area contributed by atoms with Crippen LogP contribution in [0.2, 0.25) is 0 Å². The Bertz CT molecular complexity index is 310. The van der Waals surface area contributed by atoms with E-state index >= 15 is 0 Å². The third-order valence-corrected chi connectivity index (χ3v) is 2.92. The first kappa shape index (κ1) is 14.0. The highest BCUT2D eigenvalue weighted by molar-refractivity contribution is 5.35. The van der Waals surface area contributed by atoms with E-state index in [1.807, 2.05) is 25.1 Å². The number of benzene rings is 1. The summed E-state index contributed by atoms with van der Waals surface area (Å²) in [6.07, 6.45) is 4.95. The Kier molecular flexibility index (Phi) is 6.71. The maximum Gasteiger partial charge on any atom is 0.124 e. The van der Waals surface area contributed by atoms with Crippen molar-refractivity contribution < 1.29 is 9.47 Å². The normalized spacial score (nSPS) is 12.4. The Labute approximate surface area is 105 Å². The van der Waals surface area contributed by atoms with Crippen molar-refractivity contribution in [2.75, 3.05) is 13.7 Å². The summed E-state index contributed by atoms with van der Waals surface area (Å²) in [4.78, 5) is 0. The average molecular weight is 236 g/mol. The van der Waals surface area contributed by atoms with Crippen molar-refractivity contribution in [1.82, 2.24) is 0 Å². The van der Waals surface area contributed by atoms with Gasteiger partial charge in [0, 0.05) is 12.2 Å². The molecule has 0 amide bonds. The van der Waals surface area contributed by atoms with Gasteiger partial charge in [0.05, 0.1) is 13.2 Å². The monoisotopic (exact) mass is 236 g/mol. The van der Waals surface area contributed by atoms with Crippen LogP contribution in [0, 0.1) is 0 Å². The zero-order valence-electron chi connectivity index (χ0n) is 11.2. The molecule has 0 aliphatic rings. The number of unbranched alkanes of at least 4 members (excludes halogenated alkanes) is 2. The number of ether oxygens (including phenoxy) is 2. The predicted octanol–water partition coefficient (Wildman–Crippen LogP) is 4.35. The Morgan fingerprint density at radius 2 is 1.88 bits per heavy atom. The van der Waals surface area contributed by atoms with Crippen LogP contribution >= 0.6 is 0 Å². The molecule has 0 N–H and O–H groups in total. The first-order chi connectivity index (χ1) is 8.33. The third-order valence-electron chi connectivity index (χ3n) is 2.92. The molecule has 17 heavy (non-hydrogen) atoms. The summed E-state index contributed by atoms with van der Waals surface area (Å²) >= 11 is 0. The van der Waals surface area contributed by atoms with Gasteiger partial charge in [0.2, 0.25) is 0 Å². The standard InChI is InChI=1S/C15H24O2/c1-4-6-7-12-15(17-5-2)13-10-8-9-11-14(13)16-3/h8-11,15H,4-7,12H2,1-3H3. The van der Waals surface area contributed by atoms with E-state index in [1.54, 1.807) is 7.11 Å². The van der Waals surface area contributed by atoms with Gasteiger partial charge in [0.15, 0.2) is 0 Å². The first-order valence-corrected chi connectivity index (χ1v) is 6.58. The lowest BCUT2D eigenvalue weighted by atomic mass is 10.0. The molecule has 0 saturated carbocycles. The number of para-hydroxylation sites is 1. The zero-order chi connectivity index (χ0) is 12.5. The van der Waals surface area contributed by atoms with Gasteiger partial charge in [-0.25, -0.2) is 0 Å². The van der Waals surface area contributed by atoms with Crippen molar-refractivity contribution in [3.8, 4) is 5.75 Å². The van der Waals surface area contributed by atoms with Crippen LogP contribution in [-0.2, 0) is 4.74 Å². The Hall–Kier alpha value is -1.02. The fourth-order valence-electron chi connectivity index (χ4n) is 2.04. The van der Waals surface area contributed by atoms with Crippen molar-refractivity contribution in [3.05, 3.63) is 29.8 Å². The zero-order valence-corrected chi connectivity index (χ0v) is 11.2. The van der Waals surface area contributed by atoms with E-state index in [2.05, 4.69) is 13.0 Å². The molecule has 1 rings (SSSR count). The van der Waals surface area contributed by atoms with E-state index in [9.17, 15) is 0 Å². The van der Waals surface area contributed by atoms with E-state index in [-0.39, 0.29) is 6.10 Å². The average Bonchev–Trinajstić information content (AvgIpc) is 2.38. The van der Waals surface area contributed by atoms with Crippen molar-refractivity contribution in [2.24, 2.45) is 0 Å². The molecule has 0 heterocycles. The third kappa shape index (κ3) is 4.39. The largest absolute Gasteiger partial charge is 0.496 e. The number of methoxy groups -OCH3 is 1. The molecule has 0 bridgehead atoms. The van der Waals surface area contributed by atoms with E-state index in [4.69, 9.17) is 9.47 Å². The molecule has 1 aromatic rings. The number of hydrogen-bond donors (Lipinski definition) is 0. The molecule has 96 valence electrons. The second-order valence-corrected chi connectivity index (χ2v) is 4.18. The highest BCUT2D eigenvalue weighted by Gasteiger charge is 2.15. The molecule has 1 aromatic carbocycles. The molecular weight excluding hydrogens is 212 g/mol. The molecule has 1 atom stereocenters. The molecule has 0 saturated heterocycles. The predicted molar refractivity (Wildman–Crippen MR) is 71.5 cm³/mol. The van der Waals surface area contributed by atoms with Crippen LogP contribution in [-0.4, -0.2) is 13.7 Å². The fraction of sp³-hybridized carbons (Fsp3) is 0.600. The molecule has 0 aliphatic heterocycles. The molecular formula is C15H24O2. The summed E-state index contributed by atoms with van der Waals surface area (Å²) < 4.78 is 11.2. The lowest BCUT2D eigenvalue weighted by molar-refractivity contribution is 0.0526. The molecule has 1 unspecified atom stereocenters. The number of rotatable bonds is 8. The van der Waals surface area contributed by atoms with Crippen LogP contribution in [0.4, 0.5) is 0 Å². The maximum absolute atomic E-state index is 5.84. The fourth-order valence-corrected chi connectivity index (χ4v) is 2.04. The van der Waals surface area contributed by atoms with E-state index in [0.717, 1.165) is 18.8 Å². The molecule has 0 aromatic heterocycles. The minimum Gasteiger partial charge on any atom is -0.496 e. The van der Waals surface area contributed by atoms with Gasteiger partial charge < -0.3 is 9.47 Å². The lowest BCUT2D eigenvalue weighted by Crippen LogP contribution is -2.06. The summed E-state index contributed by atoms with van der Waals surface area (Å²) in [5.41, 5.74) is 1.17. The van der Waals surface area contributed by atoms with E-state index in [1.165, 1.54) is 24.8 Å². The SMILES string of the molecule is CCCCCC(OCC)c1ccccc1OC. The topological polar surface area (TPSA) is 18.5 Å². The van der Waals surface area contributed by atoms with Gasteiger partial charge in [-0.05, 0) is 19.4 Å². The van der Waals surface area contributed by atoms with Crippen molar-refractivity contribution in [3.63, 3.8) is 0 Å². The minimum absolute atomic E-state index is 0.169. The summed E-state index contributed by atoms with van der Waals surface area (Å²) in [7, 11) is 1.72. The van der Waals surface area contributed by atoms with Gasteiger partial charge in [0.1, 0.15) is 5.75 Å². The highest BCUT2D eigenvalue weighted by Crippen LogP contribution is 2.31. The van der Waals surface area contributed by atoms with Gasteiger partial charge in [-0.15, -0.1) is 0 Å². The second kappa shape index (κ2) is 8.13. The van der Waals surface area contributed by atoms with Gasteiger partial charge in [0.25, 0.3) is 0 Å². The first-order valence-electron chi connectivity index (χ1n) is 6.58. The summed E-state index contributed by atoms with van der Waals surface area (Å²) in [5.74, 6) is 0.933. The summed E-state index contributed by atoms with van der Waals surface area (Å²) in [6.45, 7) is 5.01. The van der Waals surface area contributed by atoms with Gasteiger partial charge in [-0.2, -0.15) is 0 Å². The van der Waals surface area contributed by atoms with Crippen LogP contribution < -0.4 is 4.74 Å². The van der Waals surface area contributed by atoms with Crippen molar-refractivity contribution >= 4 is 0 Å². The second-order valence-electron chi connectivity index (χ2n) is 4.18. The minimum atomic E-state index is 0.169. The number of hydrogen-bond acceptors (Lipinski definition) is 2. The molecule has 0 spiro atoms. The highest BCUT2D eigenvalue weighted by atomic mass is 16.5. The summed E-state index contributed by atoms with van der Waals surface area (Å²) in [5, 5.41) is 0. The van der Waals surface area contributed by atoms with Gasteiger partial charge in [-0.3, -0.25) is 0 Å². The Morgan fingerprint density at radius 3 is 2.53 bits per heavy atom. The van der Waals surface area contributed by atoms with E-state index in [0.29, 0.717) is 0 Å². The van der Waals surface area contributed by atoms with E-state index < -0.39 is 0 Å².